The van der Waals surface area contributed by atoms with Crippen LogP contribution in [-0.2, 0) is 63.5 Å². The molecule has 0 bridgehead atoms. The maximum Gasteiger partial charge on any atom is 0.314 e. The first kappa shape index (κ1) is 57.0. The molecule has 3 fully saturated rings. The maximum absolute atomic E-state index is 13.8. The Morgan fingerprint density at radius 3 is 2.46 bits per heavy atom. The number of fused-ring (bicyclic) bond motifs is 1. The lowest BCUT2D eigenvalue weighted by Crippen LogP contribution is -2.65. The Morgan fingerprint density at radius 2 is 1.79 bits per heavy atom. The molecular weight excluding hydrogens is 907 g/mol. The lowest BCUT2D eigenvalue weighted by molar-refractivity contribution is -0.340. The molecule has 0 aliphatic carbocycles. The van der Waals surface area contributed by atoms with Crippen molar-refractivity contribution in [1.82, 2.24) is 14.8 Å². The predicted octanol–water partition coefficient (Wildman–Crippen LogP) is 4.02. The van der Waals surface area contributed by atoms with Crippen LogP contribution < -0.4 is 0 Å². The molecule has 0 saturated carbocycles. The van der Waals surface area contributed by atoms with Crippen LogP contribution in [0.15, 0.2) is 48.7 Å². The number of carbonyl (C=O) groups is 4. The molecule has 1 aromatic carbocycles. The highest BCUT2D eigenvalue weighted by Gasteiger charge is 2.54. The molecule has 392 valence electrons. The molecule has 0 radical (unpaired) electrons. The fraction of sp³-hybridized carbons (Fsp3) is 0.712. The van der Waals surface area contributed by atoms with Gasteiger partial charge in [0.15, 0.2) is 12.6 Å². The summed E-state index contributed by atoms with van der Waals surface area (Å²) in [6.07, 6.45) is -3.11. The third-order valence-corrected chi connectivity index (χ3v) is 13.9. The summed E-state index contributed by atoms with van der Waals surface area (Å²) in [5.41, 5.74) is 0.505. The van der Waals surface area contributed by atoms with Gasteiger partial charge in [-0.05, 0) is 110 Å². The number of hydrogen-bond acceptors (Lipinski definition) is 18. The van der Waals surface area contributed by atoms with Crippen molar-refractivity contribution in [3.8, 4) is 0 Å². The molecule has 1 unspecified atom stereocenters. The summed E-state index contributed by atoms with van der Waals surface area (Å²) in [5.74, 6) is -3.94. The van der Waals surface area contributed by atoms with Crippen molar-refractivity contribution in [3.05, 3.63) is 54.2 Å². The highest BCUT2D eigenvalue weighted by Crippen LogP contribution is 2.39. The van der Waals surface area contributed by atoms with E-state index in [-0.39, 0.29) is 44.8 Å². The highest BCUT2D eigenvalue weighted by molar-refractivity contribution is 5.79. The fourth-order valence-corrected chi connectivity index (χ4v) is 10.3. The van der Waals surface area contributed by atoms with Crippen molar-refractivity contribution in [3.63, 3.8) is 0 Å². The van der Waals surface area contributed by atoms with E-state index in [0.29, 0.717) is 25.9 Å². The van der Waals surface area contributed by atoms with Crippen molar-refractivity contribution < 1.29 is 72.4 Å². The van der Waals surface area contributed by atoms with Crippen molar-refractivity contribution in [2.24, 2.45) is 23.7 Å². The van der Waals surface area contributed by atoms with Gasteiger partial charge in [-0.15, -0.1) is 0 Å². The summed E-state index contributed by atoms with van der Waals surface area (Å²) in [7, 11) is 6.82. The second kappa shape index (κ2) is 26.7. The van der Waals surface area contributed by atoms with E-state index in [0.717, 1.165) is 22.8 Å². The number of likely N-dealkylation sites (N-methyl/N-ethyl adjacent to an activating group) is 2. The van der Waals surface area contributed by atoms with Crippen LogP contribution in [0.5, 0.6) is 0 Å². The standard InChI is InChI=1S/C52H79N3O15/c1-11-41(58)68-40-27-42(59)65-24-21-35(16-13-15-34-18-19-38-36(26-34)17-14-22-53-38)29-55(9)30-39(57)31(3)25-37(20-23-56)48(49(40)63-10)70-51-46(60)45(54(7)8)47(33(5)67-51)69-43-28-52(6,62)44(32(4)66-43)50(61)64-12-2/h13-14,16-19,22-23,26,31-33,35,37,39-40,43-49,51,57,60,62H,11-12,15,20-21,24-25,27-30H2,1-10H3/b16-13+/t31-,32+,33-,35?,37+,39+,40-,43+,44-,45-,46-,47-,48+,49+,51+,52-/m1/s1. The number of ether oxygens (including phenoxy) is 8. The van der Waals surface area contributed by atoms with Gasteiger partial charge in [0.2, 0.25) is 0 Å². The number of hydrogen-bond donors (Lipinski definition) is 3. The van der Waals surface area contributed by atoms with Gasteiger partial charge in [0.25, 0.3) is 0 Å². The van der Waals surface area contributed by atoms with Crippen LogP contribution in [0.2, 0.25) is 0 Å². The molecule has 4 heterocycles. The normalized spacial score (nSPS) is 35.6. The number of rotatable bonds is 15. The minimum atomic E-state index is -1.54. The molecule has 0 amide bonds. The molecule has 3 aliphatic heterocycles. The Balaban J connectivity index is 1.40. The smallest absolute Gasteiger partial charge is 0.314 e. The fourth-order valence-electron chi connectivity index (χ4n) is 10.3. The van der Waals surface area contributed by atoms with E-state index in [4.69, 9.17) is 37.9 Å². The van der Waals surface area contributed by atoms with E-state index in [1.54, 1.807) is 52.9 Å². The van der Waals surface area contributed by atoms with Crippen LogP contribution in [0.3, 0.4) is 0 Å². The monoisotopic (exact) mass is 986 g/mol. The molecule has 0 spiro atoms. The van der Waals surface area contributed by atoms with Gasteiger partial charge in [0, 0.05) is 51.0 Å². The zero-order valence-electron chi connectivity index (χ0n) is 42.7. The summed E-state index contributed by atoms with van der Waals surface area (Å²) < 4.78 is 49.0. The van der Waals surface area contributed by atoms with E-state index >= 15 is 0 Å². The number of aliphatic hydroxyl groups excluding tert-OH is 2. The average molecular weight is 986 g/mol. The Hall–Kier alpha value is -3.95. The Kier molecular flexibility index (Phi) is 21.7. The third-order valence-electron chi connectivity index (χ3n) is 13.9. The number of β-amino-alcohol motifs (C(OH)–C–C–N with tert-alkyl or cyclic N) is 1. The van der Waals surface area contributed by atoms with Crippen LogP contribution in [0.4, 0.5) is 0 Å². The van der Waals surface area contributed by atoms with Crippen LogP contribution in [0.1, 0.15) is 85.6 Å². The summed E-state index contributed by atoms with van der Waals surface area (Å²) in [5, 5.41) is 36.5. The minimum Gasteiger partial charge on any atom is -0.466 e. The molecule has 3 aliphatic rings. The third kappa shape index (κ3) is 15.3. The molecule has 18 heteroatoms. The van der Waals surface area contributed by atoms with E-state index in [1.165, 1.54) is 14.0 Å². The minimum absolute atomic E-state index is 0.0115. The first-order chi connectivity index (χ1) is 33.3. The number of cyclic esters (lactones) is 1. The molecule has 2 aromatic rings. The van der Waals surface area contributed by atoms with Gasteiger partial charge in [-0.2, -0.15) is 0 Å². The van der Waals surface area contributed by atoms with Crippen LogP contribution in [-0.4, -0.2) is 182 Å². The zero-order chi connectivity index (χ0) is 51.3. The number of aldehydes is 1. The molecule has 18 nitrogen and oxygen atoms in total. The number of methoxy groups -OCH3 is 1. The van der Waals surface area contributed by atoms with Crippen molar-refractivity contribution >= 4 is 35.1 Å². The number of carbonyl (C=O) groups excluding carboxylic acids is 4. The first-order valence-corrected chi connectivity index (χ1v) is 24.8. The van der Waals surface area contributed by atoms with Gasteiger partial charge in [-0.1, -0.05) is 38.1 Å². The van der Waals surface area contributed by atoms with E-state index < -0.39 is 115 Å². The number of nitrogens with zero attached hydrogens (tertiary/aromatic N) is 3. The van der Waals surface area contributed by atoms with Gasteiger partial charge < -0.3 is 67.8 Å². The number of aromatic nitrogens is 1. The topological polar surface area (TPSA) is 222 Å². The molecule has 5 rings (SSSR count). The average Bonchev–Trinajstić information content (AvgIpc) is 3.29. The number of benzene rings is 1. The van der Waals surface area contributed by atoms with Crippen LogP contribution in [0, 0.1) is 23.7 Å². The molecule has 1 aromatic heterocycles. The summed E-state index contributed by atoms with van der Waals surface area (Å²) in [6.45, 7) is 11.2. The molecular formula is C52H79N3O15. The Bertz CT molecular complexity index is 2020. The van der Waals surface area contributed by atoms with E-state index in [9.17, 15) is 34.5 Å². The SMILES string of the molecule is CCOC(=O)[C@H]1[C@H](C)O[C@@H](O[C@H]2[C@H](N(C)C)[C@@H](O)[C@H](O[C@H]3[C@@H](CC=O)C[C@@H](C)[C@@H](O)CN(C)CC(/C=C/Cc4ccc5ncccc5c4)CCOC(=O)C[C@@H](OC(=O)CC)[C@@H]3OC)O[C@@H]2C)C[C@@]1(C)O. The summed E-state index contributed by atoms with van der Waals surface area (Å²) >= 11 is 0. The first-order valence-electron chi connectivity index (χ1n) is 24.8. The quantitative estimate of drug-likeness (QED) is 0.0993. The van der Waals surface area contributed by atoms with E-state index in [1.807, 2.05) is 37.1 Å². The Labute approximate surface area is 413 Å². The van der Waals surface area contributed by atoms with Crippen LogP contribution in [0.25, 0.3) is 10.9 Å². The number of pyridine rings is 1. The second-order valence-corrected chi connectivity index (χ2v) is 19.8. The molecule has 3 saturated heterocycles. The summed E-state index contributed by atoms with van der Waals surface area (Å²) in [6, 6.07) is 9.31. The van der Waals surface area contributed by atoms with Gasteiger partial charge >= 0.3 is 17.9 Å². The lowest BCUT2D eigenvalue weighted by atomic mass is 9.80. The zero-order valence-corrected chi connectivity index (χ0v) is 42.7. The predicted molar refractivity (Wildman–Crippen MR) is 258 cm³/mol. The second-order valence-electron chi connectivity index (χ2n) is 19.8. The Morgan fingerprint density at radius 1 is 1.03 bits per heavy atom. The van der Waals surface area contributed by atoms with Crippen LogP contribution >= 0.6 is 0 Å². The maximum atomic E-state index is 13.8. The number of esters is 3. The van der Waals surface area contributed by atoms with Gasteiger partial charge in [0.1, 0.15) is 36.6 Å². The lowest BCUT2D eigenvalue weighted by Gasteiger charge is -2.50. The molecule has 3 N–H and O–H groups in total. The van der Waals surface area contributed by atoms with Crippen molar-refractivity contribution in [2.45, 2.75) is 160 Å². The molecule has 16 atom stereocenters. The highest BCUT2D eigenvalue weighted by atomic mass is 16.7. The van der Waals surface area contributed by atoms with Gasteiger partial charge in [-0.25, -0.2) is 0 Å². The van der Waals surface area contributed by atoms with Gasteiger partial charge in [-0.3, -0.25) is 19.4 Å². The van der Waals surface area contributed by atoms with E-state index in [2.05, 4.69) is 29.3 Å². The largest absolute Gasteiger partial charge is 0.466 e. The number of allylic oxidation sites excluding steroid dienone is 1. The molecule has 70 heavy (non-hydrogen) atoms. The summed E-state index contributed by atoms with van der Waals surface area (Å²) in [4.78, 5) is 60.5. The number of aliphatic hydroxyl groups is 3. The van der Waals surface area contributed by atoms with Crippen molar-refractivity contribution in [2.75, 3.05) is 54.6 Å². The van der Waals surface area contributed by atoms with Gasteiger partial charge in [0.05, 0.1) is 61.2 Å². The van der Waals surface area contributed by atoms with Crippen molar-refractivity contribution in [1.29, 1.82) is 0 Å².